The fourth-order valence-electron chi connectivity index (χ4n) is 2.66. The average molecular weight is 526 g/mol. The van der Waals surface area contributed by atoms with Gasteiger partial charge in [0.25, 0.3) is 0 Å². The third kappa shape index (κ3) is 6.58. The maximum absolute atomic E-state index is 13.5. The van der Waals surface area contributed by atoms with Gasteiger partial charge in [-0.3, -0.25) is 0 Å². The SMILES string of the molecule is CC(=O)OC(=O)C1=C(NP(C)(=O)c2ccc(C)cc2C)C=C(C#CC(C)(C)C)[I-]1. The van der Waals surface area contributed by atoms with Crippen LogP contribution in [0, 0.1) is 31.1 Å². The Hall–Kier alpha value is -1.84. The van der Waals surface area contributed by atoms with Crippen LogP contribution in [-0.4, -0.2) is 18.6 Å². The molecule has 5 nitrogen and oxygen atoms in total. The summed E-state index contributed by atoms with van der Waals surface area (Å²) >= 11 is -0.938. The molecule has 7 heteroatoms. The van der Waals surface area contributed by atoms with Crippen LogP contribution < -0.4 is 31.6 Å². The average Bonchev–Trinajstić information content (AvgIpc) is 2.93. The van der Waals surface area contributed by atoms with E-state index in [0.717, 1.165) is 14.7 Å². The molecule has 0 radical (unpaired) electrons. The number of carbonyl (C=O) groups is 2. The Morgan fingerprint density at radius 1 is 1.21 bits per heavy atom. The summed E-state index contributed by atoms with van der Waals surface area (Å²) in [5.41, 5.74) is 2.26. The van der Waals surface area contributed by atoms with Crippen molar-refractivity contribution < 1.29 is 40.1 Å². The molecule has 0 aromatic heterocycles. The Bertz CT molecular complexity index is 1040. The van der Waals surface area contributed by atoms with Gasteiger partial charge in [-0.15, -0.1) is 0 Å². The van der Waals surface area contributed by atoms with Crippen molar-refractivity contribution in [2.75, 3.05) is 6.66 Å². The van der Waals surface area contributed by atoms with E-state index in [2.05, 4.69) is 16.9 Å². The fraction of sp³-hybridized carbons (Fsp3) is 0.364. The Morgan fingerprint density at radius 3 is 2.41 bits per heavy atom. The number of hydrogen-bond acceptors (Lipinski definition) is 4. The molecular formula is C22H26INO4P-. The molecule has 1 heterocycles. The van der Waals surface area contributed by atoms with E-state index in [0.29, 0.717) is 14.6 Å². The van der Waals surface area contributed by atoms with Crippen LogP contribution >= 0.6 is 7.29 Å². The molecule has 1 atom stereocenters. The van der Waals surface area contributed by atoms with Gasteiger partial charge in [0.15, 0.2) is 0 Å². The standard InChI is InChI=1S/C22H26INO4P/c1-14-8-9-19(15(2)12-14)29(7,27)24-18-13-17(10-11-22(4,5)6)23-20(18)21(26)28-16(3)25/h8-9,12-13H,1-7H3,(H,24,27)/q-1. The van der Waals surface area contributed by atoms with E-state index in [4.69, 9.17) is 4.74 Å². The summed E-state index contributed by atoms with van der Waals surface area (Å²) in [6, 6.07) is 5.74. The zero-order valence-corrected chi connectivity index (χ0v) is 20.8. The molecule has 0 amide bonds. The first kappa shape index (κ1) is 23.4. The molecular weight excluding hydrogens is 500 g/mol. The minimum absolute atomic E-state index is 0.181. The maximum atomic E-state index is 13.5. The van der Waals surface area contributed by atoms with Crippen molar-refractivity contribution in [1.82, 2.24) is 5.09 Å². The molecule has 1 unspecified atom stereocenters. The molecule has 156 valence electrons. The van der Waals surface area contributed by atoms with E-state index in [1.54, 1.807) is 12.7 Å². The van der Waals surface area contributed by atoms with E-state index in [1.807, 2.05) is 52.8 Å². The number of rotatable bonds is 4. The number of allylic oxidation sites excluding steroid dienone is 2. The molecule has 0 fully saturated rings. The summed E-state index contributed by atoms with van der Waals surface area (Å²) in [6.07, 6.45) is 1.77. The molecule has 1 aliphatic rings. The van der Waals surface area contributed by atoms with Gasteiger partial charge in [-0.05, 0) is 0 Å². The van der Waals surface area contributed by atoms with Gasteiger partial charge in [-0.1, -0.05) is 0 Å². The number of aryl methyl sites for hydroxylation is 2. The normalized spacial score (nSPS) is 16.0. The first-order valence-electron chi connectivity index (χ1n) is 9.09. The number of carbonyl (C=O) groups excluding carboxylic acids is 2. The molecule has 1 aliphatic heterocycles. The number of halogens is 1. The van der Waals surface area contributed by atoms with Crippen LogP contribution in [0.1, 0.15) is 38.8 Å². The van der Waals surface area contributed by atoms with Gasteiger partial charge in [-0.25, -0.2) is 0 Å². The quantitative estimate of drug-likeness (QED) is 0.206. The molecule has 2 rings (SSSR count). The van der Waals surface area contributed by atoms with Crippen molar-refractivity contribution in [3.63, 3.8) is 0 Å². The summed E-state index contributed by atoms with van der Waals surface area (Å²) in [6.45, 7) is 12.7. The third-order valence-electron chi connectivity index (χ3n) is 3.82. The molecule has 0 bridgehead atoms. The van der Waals surface area contributed by atoms with Crippen molar-refractivity contribution in [1.29, 1.82) is 0 Å². The molecule has 29 heavy (non-hydrogen) atoms. The summed E-state index contributed by atoms with van der Waals surface area (Å²) in [4.78, 5) is 23.7. The van der Waals surface area contributed by atoms with Gasteiger partial charge < -0.3 is 0 Å². The zero-order chi connectivity index (χ0) is 22.0. The molecule has 1 N–H and O–H groups in total. The van der Waals surface area contributed by atoms with Crippen molar-refractivity contribution in [2.24, 2.45) is 5.41 Å². The van der Waals surface area contributed by atoms with Crippen LogP contribution in [0.15, 0.2) is 37.1 Å². The van der Waals surface area contributed by atoms with Crippen molar-refractivity contribution in [3.05, 3.63) is 48.3 Å². The van der Waals surface area contributed by atoms with Crippen LogP contribution in [0.2, 0.25) is 0 Å². The van der Waals surface area contributed by atoms with Crippen molar-refractivity contribution >= 4 is 24.5 Å². The first-order chi connectivity index (χ1) is 13.3. The summed E-state index contributed by atoms with van der Waals surface area (Å²) in [5, 5.41) is 3.77. The number of esters is 2. The van der Waals surface area contributed by atoms with E-state index < -0.39 is 40.4 Å². The second-order valence-corrected chi connectivity index (χ2v) is 13.4. The first-order valence-corrected chi connectivity index (χ1v) is 13.4. The van der Waals surface area contributed by atoms with E-state index >= 15 is 0 Å². The topological polar surface area (TPSA) is 72.5 Å². The van der Waals surface area contributed by atoms with Crippen LogP contribution in [0.25, 0.3) is 0 Å². The predicted octanol–water partition coefficient (Wildman–Crippen LogP) is 0.764. The molecule has 0 aliphatic carbocycles. The number of ether oxygens (including phenoxy) is 1. The van der Waals surface area contributed by atoms with Gasteiger partial charge >= 0.3 is 183 Å². The van der Waals surface area contributed by atoms with Gasteiger partial charge in [0.05, 0.1) is 0 Å². The van der Waals surface area contributed by atoms with Crippen molar-refractivity contribution in [2.45, 2.75) is 41.5 Å². The number of hydrogen-bond donors (Lipinski definition) is 1. The van der Waals surface area contributed by atoms with Crippen molar-refractivity contribution in [3.8, 4) is 11.8 Å². The minimum atomic E-state index is -3.02. The van der Waals surface area contributed by atoms with Gasteiger partial charge in [0, 0.05) is 0 Å². The molecule has 1 aromatic carbocycles. The molecule has 1 aromatic rings. The fourth-order valence-corrected chi connectivity index (χ4v) is 6.95. The van der Waals surface area contributed by atoms with Gasteiger partial charge in [-0.2, -0.15) is 0 Å². The Morgan fingerprint density at radius 2 is 1.86 bits per heavy atom. The summed E-state index contributed by atoms with van der Waals surface area (Å²) in [5.74, 6) is 4.92. The summed E-state index contributed by atoms with van der Waals surface area (Å²) in [7, 11) is -3.02. The Labute approximate surface area is 183 Å². The second-order valence-electron chi connectivity index (χ2n) is 8.02. The molecule has 0 saturated carbocycles. The Balaban J connectivity index is 2.43. The van der Waals surface area contributed by atoms with Gasteiger partial charge in [0.1, 0.15) is 0 Å². The van der Waals surface area contributed by atoms with Crippen LogP contribution in [-0.2, 0) is 18.9 Å². The monoisotopic (exact) mass is 526 g/mol. The van der Waals surface area contributed by atoms with E-state index in [9.17, 15) is 14.2 Å². The number of nitrogens with one attached hydrogen (secondary N) is 1. The summed E-state index contributed by atoms with van der Waals surface area (Å²) < 4.78 is 19.5. The van der Waals surface area contributed by atoms with Crippen LogP contribution in [0.3, 0.4) is 0 Å². The third-order valence-corrected chi connectivity index (χ3v) is 8.63. The molecule has 0 saturated heterocycles. The van der Waals surface area contributed by atoms with Crippen LogP contribution in [0.5, 0.6) is 0 Å². The Kier molecular flexibility index (Phi) is 7.19. The molecule has 0 spiro atoms. The second kappa shape index (κ2) is 8.89. The van der Waals surface area contributed by atoms with Crippen LogP contribution in [0.4, 0.5) is 0 Å². The van der Waals surface area contributed by atoms with Gasteiger partial charge in [0.2, 0.25) is 0 Å². The predicted molar refractivity (Wildman–Crippen MR) is 111 cm³/mol. The van der Waals surface area contributed by atoms with E-state index in [-0.39, 0.29) is 5.41 Å². The number of benzene rings is 1. The zero-order valence-electron chi connectivity index (χ0n) is 17.8. The van der Waals surface area contributed by atoms with E-state index in [1.165, 1.54) is 6.92 Å².